The smallest absolute Gasteiger partial charge is 0.317 e. The van der Waals surface area contributed by atoms with E-state index in [0.717, 1.165) is 49.2 Å². The molecular formula is C17H25N5OS. The summed E-state index contributed by atoms with van der Waals surface area (Å²) in [5, 5.41) is 11.0. The number of thiazole rings is 1. The van der Waals surface area contributed by atoms with Gasteiger partial charge in [0.15, 0.2) is 0 Å². The number of piperidine rings is 1. The highest BCUT2D eigenvalue weighted by molar-refractivity contribution is 7.11. The van der Waals surface area contributed by atoms with Crippen LogP contribution in [0.3, 0.4) is 0 Å². The Labute approximate surface area is 146 Å². The van der Waals surface area contributed by atoms with Crippen molar-refractivity contribution in [1.29, 1.82) is 0 Å². The van der Waals surface area contributed by atoms with Crippen molar-refractivity contribution in [2.24, 2.45) is 0 Å². The lowest BCUT2D eigenvalue weighted by atomic mass is 9.98. The highest BCUT2D eigenvalue weighted by Gasteiger charge is 2.28. The van der Waals surface area contributed by atoms with Gasteiger partial charge in [-0.1, -0.05) is 6.92 Å². The molecule has 2 aromatic heterocycles. The molecule has 1 unspecified atom stereocenters. The topological polar surface area (TPSA) is 73.9 Å². The van der Waals surface area contributed by atoms with Crippen LogP contribution in [0.4, 0.5) is 4.79 Å². The average Bonchev–Trinajstić information content (AvgIpc) is 3.24. The Morgan fingerprint density at radius 1 is 1.50 bits per heavy atom. The molecule has 0 aliphatic carbocycles. The van der Waals surface area contributed by atoms with Crippen LogP contribution in [0.1, 0.15) is 53.4 Å². The molecule has 7 heteroatoms. The van der Waals surface area contributed by atoms with Crippen molar-refractivity contribution >= 4 is 17.4 Å². The number of hydrogen-bond acceptors (Lipinski definition) is 4. The van der Waals surface area contributed by atoms with Crippen LogP contribution in [0.25, 0.3) is 0 Å². The highest BCUT2D eigenvalue weighted by Crippen LogP contribution is 2.30. The quantitative estimate of drug-likeness (QED) is 0.872. The number of amides is 2. The van der Waals surface area contributed by atoms with Crippen molar-refractivity contribution in [2.75, 3.05) is 13.1 Å². The molecule has 24 heavy (non-hydrogen) atoms. The first-order valence-corrected chi connectivity index (χ1v) is 9.49. The van der Waals surface area contributed by atoms with Gasteiger partial charge in [-0.25, -0.2) is 9.78 Å². The van der Waals surface area contributed by atoms with Crippen molar-refractivity contribution in [3.8, 4) is 0 Å². The monoisotopic (exact) mass is 347 g/mol. The maximum absolute atomic E-state index is 12.6. The maximum Gasteiger partial charge on any atom is 0.317 e. The normalized spacial score (nSPS) is 17.9. The summed E-state index contributed by atoms with van der Waals surface area (Å²) in [5.41, 5.74) is 2.27. The molecule has 2 amide bonds. The summed E-state index contributed by atoms with van der Waals surface area (Å²) in [4.78, 5) is 20.5. The fraction of sp³-hybridized carbons (Fsp3) is 0.588. The van der Waals surface area contributed by atoms with Crippen LogP contribution < -0.4 is 5.32 Å². The zero-order valence-corrected chi connectivity index (χ0v) is 15.2. The predicted octanol–water partition coefficient (Wildman–Crippen LogP) is 3.22. The lowest BCUT2D eigenvalue weighted by Crippen LogP contribution is -2.45. The fourth-order valence-corrected chi connectivity index (χ4v) is 4.29. The third-order valence-electron chi connectivity index (χ3n) is 4.55. The zero-order chi connectivity index (χ0) is 16.9. The Hall–Kier alpha value is -1.89. The number of H-pyrrole nitrogens is 1. The molecule has 1 aliphatic heterocycles. The van der Waals surface area contributed by atoms with Crippen molar-refractivity contribution in [3.63, 3.8) is 0 Å². The molecule has 0 aromatic carbocycles. The minimum absolute atomic E-state index is 0.0184. The second-order valence-electron chi connectivity index (χ2n) is 6.18. The van der Waals surface area contributed by atoms with Crippen LogP contribution in [0.15, 0.2) is 12.4 Å². The Bertz CT molecular complexity index is 667. The lowest BCUT2D eigenvalue weighted by Gasteiger charge is -2.35. The van der Waals surface area contributed by atoms with Crippen LogP contribution in [-0.4, -0.2) is 39.2 Å². The van der Waals surface area contributed by atoms with E-state index in [-0.39, 0.29) is 12.1 Å². The first-order valence-electron chi connectivity index (χ1n) is 8.67. The average molecular weight is 347 g/mol. The number of urea groups is 1. The number of likely N-dealkylation sites (tertiary alicyclic amines) is 1. The summed E-state index contributed by atoms with van der Waals surface area (Å²) in [7, 11) is 0. The molecular weight excluding hydrogens is 322 g/mol. The number of hydrogen-bond donors (Lipinski definition) is 2. The van der Waals surface area contributed by atoms with Crippen LogP contribution in [0, 0.1) is 6.92 Å². The number of rotatable bonds is 5. The molecule has 0 radical (unpaired) electrons. The summed E-state index contributed by atoms with van der Waals surface area (Å²) in [6.45, 7) is 5.67. The van der Waals surface area contributed by atoms with Gasteiger partial charge in [0.2, 0.25) is 0 Å². The number of aromatic amines is 1. The van der Waals surface area contributed by atoms with Gasteiger partial charge in [-0.05, 0) is 32.6 Å². The van der Waals surface area contributed by atoms with E-state index in [0.29, 0.717) is 6.54 Å². The number of carbonyl (C=O) groups excluding carboxylic acids is 1. The van der Waals surface area contributed by atoms with Crippen molar-refractivity contribution in [2.45, 2.75) is 52.0 Å². The Kier molecular flexibility index (Phi) is 5.50. The first-order chi connectivity index (χ1) is 11.7. The van der Waals surface area contributed by atoms with Gasteiger partial charge in [0, 0.05) is 36.1 Å². The van der Waals surface area contributed by atoms with Gasteiger partial charge in [-0.3, -0.25) is 5.10 Å². The summed E-state index contributed by atoms with van der Waals surface area (Å²) < 4.78 is 0. The van der Waals surface area contributed by atoms with Crippen molar-refractivity contribution in [3.05, 3.63) is 33.5 Å². The van der Waals surface area contributed by atoms with Gasteiger partial charge in [-0.2, -0.15) is 5.10 Å². The van der Waals surface area contributed by atoms with E-state index >= 15 is 0 Å². The number of aromatic nitrogens is 3. The van der Waals surface area contributed by atoms with Gasteiger partial charge in [0.05, 0.1) is 22.9 Å². The van der Waals surface area contributed by atoms with Gasteiger partial charge < -0.3 is 10.2 Å². The second kappa shape index (κ2) is 7.79. The molecule has 3 rings (SSSR count). The van der Waals surface area contributed by atoms with E-state index in [1.54, 1.807) is 11.3 Å². The Balaban J connectivity index is 1.55. The van der Waals surface area contributed by atoms with E-state index in [2.05, 4.69) is 34.3 Å². The largest absolute Gasteiger partial charge is 0.338 e. The highest BCUT2D eigenvalue weighted by atomic mass is 32.1. The Morgan fingerprint density at radius 2 is 2.38 bits per heavy atom. The third-order valence-corrected chi connectivity index (χ3v) is 5.63. The molecule has 6 nitrogen and oxygen atoms in total. The molecule has 1 atom stereocenters. The molecule has 130 valence electrons. The third kappa shape index (κ3) is 3.77. The van der Waals surface area contributed by atoms with Gasteiger partial charge >= 0.3 is 6.03 Å². The SMILES string of the molecule is CCc1nc(CCNC(=O)N2CCCCC2c2cn[nH]c2)sc1C. The number of aryl methyl sites for hydroxylation is 2. The fourth-order valence-electron chi connectivity index (χ4n) is 3.26. The predicted molar refractivity (Wildman–Crippen MR) is 95.2 cm³/mol. The maximum atomic E-state index is 12.6. The van der Waals surface area contributed by atoms with E-state index < -0.39 is 0 Å². The number of nitrogens with one attached hydrogen (secondary N) is 2. The molecule has 1 saturated heterocycles. The van der Waals surface area contributed by atoms with Crippen molar-refractivity contribution in [1.82, 2.24) is 25.4 Å². The minimum Gasteiger partial charge on any atom is -0.338 e. The lowest BCUT2D eigenvalue weighted by molar-refractivity contribution is 0.151. The van der Waals surface area contributed by atoms with E-state index in [1.165, 1.54) is 10.6 Å². The van der Waals surface area contributed by atoms with E-state index in [9.17, 15) is 4.79 Å². The summed E-state index contributed by atoms with van der Waals surface area (Å²) in [6, 6.07) is 0.149. The molecule has 3 heterocycles. The van der Waals surface area contributed by atoms with Gasteiger partial charge in [0.25, 0.3) is 0 Å². The van der Waals surface area contributed by atoms with Crippen LogP contribution in [0.5, 0.6) is 0 Å². The molecule has 0 saturated carbocycles. The van der Waals surface area contributed by atoms with Crippen LogP contribution in [-0.2, 0) is 12.8 Å². The van der Waals surface area contributed by atoms with Crippen molar-refractivity contribution < 1.29 is 4.79 Å². The summed E-state index contributed by atoms with van der Waals surface area (Å²) in [5.74, 6) is 0. The number of nitrogens with zero attached hydrogens (tertiary/aromatic N) is 3. The molecule has 1 aliphatic rings. The van der Waals surface area contributed by atoms with Gasteiger partial charge in [0.1, 0.15) is 0 Å². The minimum atomic E-state index is 0.0184. The standard InChI is InChI=1S/C17H25N5OS/c1-3-14-12(2)24-16(21-14)7-8-18-17(23)22-9-5-4-6-15(22)13-10-19-20-11-13/h10-11,15H,3-9H2,1-2H3,(H,18,23)(H,19,20). The first kappa shape index (κ1) is 17.0. The molecule has 2 aromatic rings. The second-order valence-corrected chi connectivity index (χ2v) is 7.47. The molecule has 2 N–H and O–H groups in total. The van der Waals surface area contributed by atoms with Crippen LogP contribution >= 0.6 is 11.3 Å². The van der Waals surface area contributed by atoms with Gasteiger partial charge in [-0.15, -0.1) is 11.3 Å². The van der Waals surface area contributed by atoms with E-state index in [4.69, 9.17) is 0 Å². The number of carbonyl (C=O) groups is 1. The molecule has 0 spiro atoms. The van der Waals surface area contributed by atoms with Crippen LogP contribution in [0.2, 0.25) is 0 Å². The van der Waals surface area contributed by atoms with E-state index in [1.807, 2.05) is 17.3 Å². The summed E-state index contributed by atoms with van der Waals surface area (Å²) in [6.07, 6.45) is 8.68. The Morgan fingerprint density at radius 3 is 3.08 bits per heavy atom. The molecule has 0 bridgehead atoms. The zero-order valence-electron chi connectivity index (χ0n) is 14.3. The molecule has 1 fully saturated rings. The summed E-state index contributed by atoms with van der Waals surface area (Å²) >= 11 is 1.74.